The van der Waals surface area contributed by atoms with Gasteiger partial charge < -0.3 is 15.2 Å². The van der Waals surface area contributed by atoms with Crippen LogP contribution >= 0.6 is 0 Å². The molecule has 0 atom stereocenters. The molecule has 0 radical (unpaired) electrons. The van der Waals surface area contributed by atoms with Crippen molar-refractivity contribution in [2.75, 3.05) is 21.2 Å². The summed E-state index contributed by atoms with van der Waals surface area (Å²) in [6, 6.07) is 6.94. The van der Waals surface area contributed by atoms with Crippen LogP contribution in [0, 0.1) is 0 Å². The number of nitrogens with one attached hydrogen (secondary N) is 1. The second-order valence-corrected chi connectivity index (χ2v) is 5.72. The van der Waals surface area contributed by atoms with Gasteiger partial charge in [-0.05, 0) is 57.5 Å². The molecule has 0 aromatic heterocycles. The standard InChI is InChI=1S/C16H26N2O2/c1-17-13-5-7-14(8-6-13)18(2)11-12-4-9-15(19)16(10-12)20-3/h4,9-10,13-14,17,19H,5-8,11H2,1-3H3. The van der Waals surface area contributed by atoms with Crippen molar-refractivity contribution in [1.82, 2.24) is 10.2 Å². The highest BCUT2D eigenvalue weighted by molar-refractivity contribution is 5.41. The van der Waals surface area contributed by atoms with E-state index in [0.29, 0.717) is 17.8 Å². The van der Waals surface area contributed by atoms with Gasteiger partial charge in [-0.1, -0.05) is 6.07 Å². The van der Waals surface area contributed by atoms with Crippen LogP contribution in [0.4, 0.5) is 0 Å². The first-order chi connectivity index (χ1) is 9.63. The molecule has 1 aliphatic carbocycles. The molecule has 0 spiro atoms. The fourth-order valence-electron chi connectivity index (χ4n) is 3.04. The van der Waals surface area contributed by atoms with E-state index in [0.717, 1.165) is 6.54 Å². The zero-order valence-electron chi connectivity index (χ0n) is 12.7. The average molecular weight is 278 g/mol. The van der Waals surface area contributed by atoms with Gasteiger partial charge in [-0.25, -0.2) is 0 Å². The van der Waals surface area contributed by atoms with Gasteiger partial charge in [0.15, 0.2) is 11.5 Å². The first-order valence-corrected chi connectivity index (χ1v) is 7.37. The van der Waals surface area contributed by atoms with Crippen LogP contribution in [-0.4, -0.2) is 43.3 Å². The molecule has 1 saturated carbocycles. The summed E-state index contributed by atoms with van der Waals surface area (Å²) in [6.07, 6.45) is 5.00. The molecule has 4 nitrogen and oxygen atoms in total. The van der Waals surface area contributed by atoms with Crippen LogP contribution in [0.25, 0.3) is 0 Å². The molecule has 1 fully saturated rings. The molecule has 1 aliphatic rings. The first-order valence-electron chi connectivity index (χ1n) is 7.37. The monoisotopic (exact) mass is 278 g/mol. The van der Waals surface area contributed by atoms with E-state index in [1.807, 2.05) is 12.1 Å². The van der Waals surface area contributed by atoms with Crippen molar-refractivity contribution >= 4 is 0 Å². The summed E-state index contributed by atoms with van der Waals surface area (Å²) in [5.74, 6) is 0.753. The first kappa shape index (κ1) is 15.1. The van der Waals surface area contributed by atoms with Crippen LogP contribution < -0.4 is 10.1 Å². The number of phenols is 1. The van der Waals surface area contributed by atoms with Gasteiger partial charge in [0, 0.05) is 18.6 Å². The maximum atomic E-state index is 9.63. The van der Waals surface area contributed by atoms with Gasteiger partial charge in [0.05, 0.1) is 7.11 Å². The van der Waals surface area contributed by atoms with E-state index in [4.69, 9.17) is 4.74 Å². The molecule has 0 unspecified atom stereocenters. The van der Waals surface area contributed by atoms with Crippen LogP contribution in [-0.2, 0) is 6.54 Å². The lowest BCUT2D eigenvalue weighted by molar-refractivity contribution is 0.170. The number of nitrogens with zero attached hydrogens (tertiary/aromatic N) is 1. The lowest BCUT2D eigenvalue weighted by atomic mass is 9.90. The Hall–Kier alpha value is -1.26. The van der Waals surface area contributed by atoms with Gasteiger partial charge in [-0.15, -0.1) is 0 Å². The van der Waals surface area contributed by atoms with Crippen LogP contribution in [0.2, 0.25) is 0 Å². The van der Waals surface area contributed by atoms with E-state index in [2.05, 4.69) is 24.3 Å². The molecule has 4 heteroatoms. The van der Waals surface area contributed by atoms with Crippen LogP contribution in [0.5, 0.6) is 11.5 Å². The van der Waals surface area contributed by atoms with Gasteiger partial charge >= 0.3 is 0 Å². The Morgan fingerprint density at radius 2 is 2.00 bits per heavy atom. The largest absolute Gasteiger partial charge is 0.504 e. The molecule has 0 bridgehead atoms. The van der Waals surface area contributed by atoms with Crippen molar-refractivity contribution < 1.29 is 9.84 Å². The summed E-state index contributed by atoms with van der Waals surface area (Å²) >= 11 is 0. The Morgan fingerprint density at radius 1 is 1.30 bits per heavy atom. The normalized spacial score (nSPS) is 23.0. The van der Waals surface area contributed by atoms with E-state index in [-0.39, 0.29) is 5.75 Å². The predicted molar refractivity (Wildman–Crippen MR) is 81.2 cm³/mol. The van der Waals surface area contributed by atoms with E-state index >= 15 is 0 Å². The fourth-order valence-corrected chi connectivity index (χ4v) is 3.04. The molecule has 2 N–H and O–H groups in total. The van der Waals surface area contributed by atoms with E-state index in [9.17, 15) is 5.11 Å². The summed E-state index contributed by atoms with van der Waals surface area (Å²) in [6.45, 7) is 0.894. The highest BCUT2D eigenvalue weighted by Crippen LogP contribution is 2.28. The lowest BCUT2D eigenvalue weighted by Crippen LogP contribution is -2.39. The van der Waals surface area contributed by atoms with E-state index in [1.165, 1.54) is 31.2 Å². The minimum atomic E-state index is 0.202. The summed E-state index contributed by atoms with van der Waals surface area (Å²) in [4.78, 5) is 2.41. The minimum absolute atomic E-state index is 0.202. The molecule has 2 rings (SSSR count). The molecule has 1 aromatic rings. The third kappa shape index (κ3) is 3.64. The Kier molecular flexibility index (Phi) is 5.26. The molecule has 0 saturated heterocycles. The highest BCUT2D eigenvalue weighted by Gasteiger charge is 2.23. The summed E-state index contributed by atoms with van der Waals surface area (Å²) in [5, 5.41) is 13.0. The average Bonchev–Trinajstić information content (AvgIpc) is 2.49. The molecule has 112 valence electrons. The molecule has 0 amide bonds. The van der Waals surface area contributed by atoms with Crippen LogP contribution in [0.3, 0.4) is 0 Å². The summed E-state index contributed by atoms with van der Waals surface area (Å²) in [5.41, 5.74) is 1.18. The number of phenolic OH excluding ortho intramolecular Hbond substituents is 1. The number of hydrogen-bond donors (Lipinski definition) is 2. The zero-order chi connectivity index (χ0) is 14.5. The summed E-state index contributed by atoms with van der Waals surface area (Å²) in [7, 11) is 5.82. The number of benzene rings is 1. The highest BCUT2D eigenvalue weighted by atomic mass is 16.5. The van der Waals surface area contributed by atoms with Gasteiger partial charge in [0.2, 0.25) is 0 Å². The lowest BCUT2D eigenvalue weighted by Gasteiger charge is -2.34. The van der Waals surface area contributed by atoms with Crippen molar-refractivity contribution in [3.8, 4) is 11.5 Å². The Balaban J connectivity index is 1.93. The number of methoxy groups -OCH3 is 1. The Morgan fingerprint density at radius 3 is 2.60 bits per heavy atom. The van der Waals surface area contributed by atoms with E-state index < -0.39 is 0 Å². The third-order valence-corrected chi connectivity index (χ3v) is 4.40. The quantitative estimate of drug-likeness (QED) is 0.868. The van der Waals surface area contributed by atoms with Gasteiger partial charge in [0.25, 0.3) is 0 Å². The van der Waals surface area contributed by atoms with Crippen molar-refractivity contribution in [2.45, 2.75) is 44.3 Å². The van der Waals surface area contributed by atoms with Crippen LogP contribution in [0.1, 0.15) is 31.2 Å². The van der Waals surface area contributed by atoms with Crippen molar-refractivity contribution in [1.29, 1.82) is 0 Å². The molecule has 20 heavy (non-hydrogen) atoms. The van der Waals surface area contributed by atoms with Gasteiger partial charge in [-0.2, -0.15) is 0 Å². The third-order valence-electron chi connectivity index (χ3n) is 4.40. The number of hydrogen-bond acceptors (Lipinski definition) is 4. The number of ether oxygens (including phenoxy) is 1. The number of rotatable bonds is 5. The molecule has 1 aromatic carbocycles. The van der Waals surface area contributed by atoms with Gasteiger partial charge in [-0.3, -0.25) is 4.90 Å². The molecular formula is C16H26N2O2. The SMILES string of the molecule is CNC1CCC(N(C)Cc2ccc(O)c(OC)c2)CC1. The van der Waals surface area contributed by atoms with Crippen molar-refractivity contribution in [3.63, 3.8) is 0 Å². The maximum Gasteiger partial charge on any atom is 0.160 e. The summed E-state index contributed by atoms with van der Waals surface area (Å²) < 4.78 is 5.16. The molecular weight excluding hydrogens is 252 g/mol. The Bertz CT molecular complexity index is 428. The molecule has 0 aliphatic heterocycles. The molecule has 0 heterocycles. The van der Waals surface area contributed by atoms with Crippen molar-refractivity contribution in [3.05, 3.63) is 23.8 Å². The minimum Gasteiger partial charge on any atom is -0.504 e. The Labute approximate surface area is 121 Å². The zero-order valence-corrected chi connectivity index (χ0v) is 12.7. The second kappa shape index (κ2) is 6.95. The van der Waals surface area contributed by atoms with Gasteiger partial charge in [0.1, 0.15) is 0 Å². The number of aromatic hydroxyl groups is 1. The second-order valence-electron chi connectivity index (χ2n) is 5.72. The smallest absolute Gasteiger partial charge is 0.160 e. The maximum absolute atomic E-state index is 9.63. The van der Waals surface area contributed by atoms with Crippen molar-refractivity contribution in [2.24, 2.45) is 0 Å². The van der Waals surface area contributed by atoms with E-state index in [1.54, 1.807) is 13.2 Å². The van der Waals surface area contributed by atoms with Crippen LogP contribution in [0.15, 0.2) is 18.2 Å². The topological polar surface area (TPSA) is 44.7 Å². The predicted octanol–water partition coefficient (Wildman–Crippen LogP) is 2.36. The fraction of sp³-hybridized carbons (Fsp3) is 0.625.